The highest BCUT2D eigenvalue weighted by molar-refractivity contribution is 6.04. The molecule has 8 nitrogen and oxygen atoms in total. The second-order valence-electron chi connectivity index (χ2n) is 4.62. The van der Waals surface area contributed by atoms with E-state index >= 15 is 0 Å². The topological polar surface area (TPSA) is 122 Å². The van der Waals surface area contributed by atoms with Gasteiger partial charge in [0.1, 0.15) is 6.04 Å². The van der Waals surface area contributed by atoms with E-state index in [0.29, 0.717) is 0 Å². The van der Waals surface area contributed by atoms with Gasteiger partial charge in [0.2, 0.25) is 5.54 Å². The summed E-state index contributed by atoms with van der Waals surface area (Å²) in [6.45, 7) is 2.88. The van der Waals surface area contributed by atoms with Crippen LogP contribution in [0, 0.1) is 10.1 Å². The first kappa shape index (κ1) is 13.4. The quantitative estimate of drug-likeness (QED) is 0.339. The molecule has 0 spiro atoms. The van der Waals surface area contributed by atoms with Crippen LogP contribution in [0.25, 0.3) is 0 Å². The minimum atomic E-state index is -1.17. The third-order valence-electron chi connectivity index (χ3n) is 2.74. The smallest absolute Gasteiger partial charge is 0.322 e. The van der Waals surface area contributed by atoms with Crippen LogP contribution in [0.3, 0.4) is 0 Å². The lowest BCUT2D eigenvalue weighted by Gasteiger charge is -2.20. The van der Waals surface area contributed by atoms with Crippen LogP contribution in [0.1, 0.15) is 26.7 Å². The zero-order valence-corrected chi connectivity index (χ0v) is 9.60. The van der Waals surface area contributed by atoms with Crippen molar-refractivity contribution in [3.8, 4) is 0 Å². The molecule has 0 saturated carbocycles. The van der Waals surface area contributed by atoms with Crippen molar-refractivity contribution in [2.45, 2.75) is 44.4 Å². The average molecular weight is 245 g/mol. The van der Waals surface area contributed by atoms with E-state index in [1.807, 2.05) is 5.32 Å². The summed E-state index contributed by atoms with van der Waals surface area (Å²) in [7, 11) is 0. The maximum absolute atomic E-state index is 11.2. The van der Waals surface area contributed by atoms with Crippen LogP contribution in [0.5, 0.6) is 0 Å². The molecule has 0 aromatic heterocycles. The van der Waals surface area contributed by atoms with E-state index in [-0.39, 0.29) is 12.8 Å². The average Bonchev–Trinajstić information content (AvgIpc) is 2.54. The minimum absolute atomic E-state index is 0.0619. The predicted molar refractivity (Wildman–Crippen MR) is 56.8 cm³/mol. The van der Waals surface area contributed by atoms with E-state index in [0.717, 1.165) is 0 Å². The van der Waals surface area contributed by atoms with Crippen LogP contribution >= 0.6 is 0 Å². The number of nitrogens with zero attached hydrogens (tertiary/aromatic N) is 1. The minimum Gasteiger partial charge on any atom is -0.390 e. The molecule has 3 N–H and O–H groups in total. The fraction of sp³-hybridized carbons (Fsp3) is 0.778. The monoisotopic (exact) mass is 245 g/mol. The summed E-state index contributed by atoms with van der Waals surface area (Å²) in [5.74, 6) is -0.610. The molecule has 3 amide bonds. The first-order valence-corrected chi connectivity index (χ1v) is 5.18. The molecule has 96 valence electrons. The molecule has 0 bridgehead atoms. The Kier molecular flexibility index (Phi) is 3.66. The molecule has 0 radical (unpaired) electrons. The third kappa shape index (κ3) is 3.13. The number of rotatable bonds is 5. The van der Waals surface area contributed by atoms with Crippen LogP contribution in [-0.4, -0.2) is 39.7 Å². The lowest BCUT2D eigenvalue weighted by atomic mass is 9.95. The highest BCUT2D eigenvalue weighted by Gasteiger charge is 2.38. The number of carbonyl (C=O) groups excluding carboxylic acids is 2. The maximum atomic E-state index is 11.2. The lowest BCUT2D eigenvalue weighted by molar-refractivity contribution is -0.561. The largest absolute Gasteiger partial charge is 0.390 e. The standard InChI is InChI=1S/C9H15N3O5/c1-9(2,12(16)17)4-3-5(13)6-7(14)11-8(15)10-6/h5-6,13H,3-4H2,1-2H3,(H2,10,11,14,15). The Morgan fingerprint density at radius 3 is 2.53 bits per heavy atom. The van der Waals surface area contributed by atoms with Crippen molar-refractivity contribution in [2.24, 2.45) is 0 Å². The van der Waals surface area contributed by atoms with Crippen molar-refractivity contribution >= 4 is 11.9 Å². The molecule has 1 saturated heterocycles. The van der Waals surface area contributed by atoms with Crippen molar-refractivity contribution in [3.05, 3.63) is 10.1 Å². The SMILES string of the molecule is CC(C)(CCC(O)C1NC(=O)NC1=O)[N+](=O)[O-]. The molecule has 1 rings (SSSR count). The fourth-order valence-electron chi connectivity index (χ4n) is 1.46. The van der Waals surface area contributed by atoms with E-state index in [1.54, 1.807) is 0 Å². The Labute approximate surface area is 97.5 Å². The number of aliphatic hydroxyl groups excluding tert-OH is 1. The molecule has 17 heavy (non-hydrogen) atoms. The fourth-order valence-corrected chi connectivity index (χ4v) is 1.46. The first-order valence-electron chi connectivity index (χ1n) is 5.18. The first-order chi connectivity index (χ1) is 7.74. The summed E-state index contributed by atoms with van der Waals surface area (Å²) in [6, 6.07) is -1.68. The Hall–Kier alpha value is -1.70. The summed E-state index contributed by atoms with van der Waals surface area (Å²) >= 11 is 0. The Balaban J connectivity index is 2.50. The maximum Gasteiger partial charge on any atom is 0.322 e. The van der Waals surface area contributed by atoms with Crippen LogP contribution < -0.4 is 10.6 Å². The molecule has 0 aromatic carbocycles. The van der Waals surface area contributed by atoms with Crippen molar-refractivity contribution in [1.29, 1.82) is 0 Å². The summed E-state index contributed by atoms with van der Waals surface area (Å²) in [6.07, 6.45) is -0.951. The zero-order chi connectivity index (χ0) is 13.2. The molecule has 1 aliphatic heterocycles. The number of nitro groups is 1. The molecule has 2 unspecified atom stereocenters. The molecule has 0 aliphatic carbocycles. The zero-order valence-electron chi connectivity index (χ0n) is 9.60. The highest BCUT2D eigenvalue weighted by atomic mass is 16.6. The molecule has 0 aromatic rings. The van der Waals surface area contributed by atoms with Gasteiger partial charge in [-0.1, -0.05) is 0 Å². The van der Waals surface area contributed by atoms with E-state index in [4.69, 9.17) is 0 Å². The van der Waals surface area contributed by atoms with E-state index in [1.165, 1.54) is 13.8 Å². The van der Waals surface area contributed by atoms with Gasteiger partial charge < -0.3 is 10.4 Å². The number of imide groups is 1. The number of hydrogen-bond acceptors (Lipinski definition) is 5. The van der Waals surface area contributed by atoms with E-state index in [2.05, 4.69) is 5.32 Å². The normalized spacial score (nSPS) is 21.9. The van der Waals surface area contributed by atoms with E-state index < -0.39 is 34.5 Å². The van der Waals surface area contributed by atoms with Crippen molar-refractivity contribution in [1.82, 2.24) is 10.6 Å². The van der Waals surface area contributed by atoms with Gasteiger partial charge in [-0.2, -0.15) is 0 Å². The summed E-state index contributed by atoms with van der Waals surface area (Å²) in [5.41, 5.74) is -1.17. The molecular weight excluding hydrogens is 230 g/mol. The van der Waals surface area contributed by atoms with Crippen LogP contribution in [0.15, 0.2) is 0 Å². The Bertz CT molecular complexity index is 355. The number of hydrogen-bond donors (Lipinski definition) is 3. The van der Waals surface area contributed by atoms with Gasteiger partial charge in [0, 0.05) is 25.2 Å². The van der Waals surface area contributed by atoms with E-state index in [9.17, 15) is 24.8 Å². The summed E-state index contributed by atoms with van der Waals surface area (Å²) in [4.78, 5) is 32.2. The number of amides is 3. The summed E-state index contributed by atoms with van der Waals surface area (Å²) < 4.78 is 0. The number of urea groups is 1. The van der Waals surface area contributed by atoms with Crippen LogP contribution in [0.4, 0.5) is 4.79 Å². The van der Waals surface area contributed by atoms with Crippen molar-refractivity contribution in [3.63, 3.8) is 0 Å². The van der Waals surface area contributed by atoms with Gasteiger partial charge in [0.15, 0.2) is 0 Å². The van der Waals surface area contributed by atoms with Gasteiger partial charge in [-0.15, -0.1) is 0 Å². The molecule has 1 heterocycles. The number of carbonyl (C=O) groups is 2. The second kappa shape index (κ2) is 4.66. The van der Waals surface area contributed by atoms with Crippen LogP contribution in [0.2, 0.25) is 0 Å². The number of aliphatic hydroxyl groups is 1. The Morgan fingerprint density at radius 1 is 1.53 bits per heavy atom. The number of nitrogens with one attached hydrogen (secondary N) is 2. The van der Waals surface area contributed by atoms with Crippen LogP contribution in [-0.2, 0) is 4.79 Å². The Morgan fingerprint density at radius 2 is 2.12 bits per heavy atom. The predicted octanol–water partition coefficient (Wildman–Crippen LogP) is -0.609. The highest BCUT2D eigenvalue weighted by Crippen LogP contribution is 2.18. The van der Waals surface area contributed by atoms with Gasteiger partial charge in [0.25, 0.3) is 5.91 Å². The van der Waals surface area contributed by atoms with Crippen molar-refractivity contribution < 1.29 is 19.6 Å². The van der Waals surface area contributed by atoms with Gasteiger partial charge in [-0.3, -0.25) is 20.2 Å². The summed E-state index contributed by atoms with van der Waals surface area (Å²) in [5, 5.41) is 24.6. The molecule has 1 fully saturated rings. The molecule has 8 heteroatoms. The van der Waals surface area contributed by atoms with Gasteiger partial charge in [0.05, 0.1) is 6.10 Å². The van der Waals surface area contributed by atoms with Crippen molar-refractivity contribution in [2.75, 3.05) is 0 Å². The van der Waals surface area contributed by atoms with Gasteiger partial charge >= 0.3 is 6.03 Å². The molecule has 2 atom stereocenters. The van der Waals surface area contributed by atoms with Gasteiger partial charge in [-0.25, -0.2) is 4.79 Å². The van der Waals surface area contributed by atoms with Gasteiger partial charge in [-0.05, 0) is 6.42 Å². The lowest BCUT2D eigenvalue weighted by Crippen LogP contribution is -2.42. The molecule has 1 aliphatic rings. The molecular formula is C9H15N3O5. The second-order valence-corrected chi connectivity index (χ2v) is 4.62. The third-order valence-corrected chi connectivity index (χ3v) is 2.74.